The van der Waals surface area contributed by atoms with Crippen LogP contribution in [0.15, 0.2) is 30.6 Å². The highest BCUT2D eigenvalue weighted by molar-refractivity contribution is 5.95. The molecule has 0 aliphatic carbocycles. The van der Waals surface area contributed by atoms with Gasteiger partial charge >= 0.3 is 0 Å². The highest BCUT2D eigenvalue weighted by Crippen LogP contribution is 2.22. The lowest BCUT2D eigenvalue weighted by atomic mass is 10.2. The van der Waals surface area contributed by atoms with E-state index in [1.165, 1.54) is 6.33 Å². The van der Waals surface area contributed by atoms with Gasteiger partial charge in [-0.15, -0.1) is 0 Å². The van der Waals surface area contributed by atoms with Crippen LogP contribution < -0.4 is 10.1 Å². The topological polar surface area (TPSA) is 72.3 Å². The molecule has 1 atom stereocenters. The molecule has 0 bridgehead atoms. The fraction of sp³-hybridized carbons (Fsp3) is 0.471. The van der Waals surface area contributed by atoms with Crippen LogP contribution in [-0.2, 0) is 17.9 Å². The van der Waals surface area contributed by atoms with Crippen molar-refractivity contribution in [2.45, 2.75) is 32.0 Å². The number of carbonyl (C=O) groups excluding carboxylic acids is 1. The molecule has 1 aliphatic heterocycles. The summed E-state index contributed by atoms with van der Waals surface area (Å²) in [5, 5.41) is 6.97. The number of benzene rings is 1. The molecule has 1 aliphatic rings. The predicted molar refractivity (Wildman–Crippen MR) is 91.1 cm³/mol. The van der Waals surface area contributed by atoms with Crippen molar-refractivity contribution in [3.05, 3.63) is 36.4 Å². The van der Waals surface area contributed by atoms with E-state index in [1.807, 2.05) is 24.3 Å². The van der Waals surface area contributed by atoms with Crippen LogP contribution in [0.5, 0.6) is 5.75 Å². The highest BCUT2D eigenvalue weighted by Gasteiger charge is 2.31. The third-order valence-electron chi connectivity index (χ3n) is 4.36. The molecular formula is C17H22FN5O2. The summed E-state index contributed by atoms with van der Waals surface area (Å²) in [6.07, 6.45) is 3.16. The molecule has 0 spiro atoms. The van der Waals surface area contributed by atoms with Crippen molar-refractivity contribution >= 4 is 11.6 Å². The number of nitrogens with zero attached hydrogens (tertiary/aromatic N) is 4. The first-order chi connectivity index (χ1) is 12.2. The Balaban J connectivity index is 1.63. The molecule has 1 N–H and O–H groups in total. The second kappa shape index (κ2) is 8.06. The molecule has 0 radical (unpaired) electrons. The molecule has 1 saturated heterocycles. The van der Waals surface area contributed by atoms with Crippen molar-refractivity contribution < 1.29 is 13.9 Å². The molecule has 134 valence electrons. The molecule has 0 saturated carbocycles. The molecule has 8 heteroatoms. The molecule has 2 heterocycles. The normalized spacial score (nSPS) is 17.6. The predicted octanol–water partition coefficient (Wildman–Crippen LogP) is 1.86. The van der Waals surface area contributed by atoms with Crippen LogP contribution in [0, 0.1) is 0 Å². The van der Waals surface area contributed by atoms with Gasteiger partial charge in [0.25, 0.3) is 0 Å². The van der Waals surface area contributed by atoms with Gasteiger partial charge in [0.1, 0.15) is 24.6 Å². The van der Waals surface area contributed by atoms with Gasteiger partial charge in [0.2, 0.25) is 5.91 Å². The molecule has 1 amide bonds. The van der Waals surface area contributed by atoms with E-state index in [4.69, 9.17) is 4.74 Å². The van der Waals surface area contributed by atoms with Crippen LogP contribution in [0.25, 0.3) is 0 Å². The first kappa shape index (κ1) is 17.3. The molecular weight excluding hydrogens is 325 g/mol. The largest absolute Gasteiger partial charge is 0.497 e. The Bertz CT molecular complexity index is 703. The van der Waals surface area contributed by atoms with Crippen molar-refractivity contribution in [2.24, 2.45) is 0 Å². The molecule has 2 aromatic rings. The van der Waals surface area contributed by atoms with Crippen LogP contribution >= 0.6 is 0 Å². The summed E-state index contributed by atoms with van der Waals surface area (Å²) < 4.78 is 19.2. The number of rotatable bonds is 7. The second-order valence-electron chi connectivity index (χ2n) is 5.93. The van der Waals surface area contributed by atoms with Gasteiger partial charge in [0, 0.05) is 5.69 Å². The number of hydrogen-bond acceptors (Lipinski definition) is 5. The van der Waals surface area contributed by atoms with E-state index in [1.54, 1.807) is 11.8 Å². The minimum absolute atomic E-state index is 0.0424. The number of amides is 1. The number of halogens is 1. The summed E-state index contributed by atoms with van der Waals surface area (Å²) >= 11 is 0. The third kappa shape index (κ3) is 4.14. The van der Waals surface area contributed by atoms with Gasteiger partial charge in [0.15, 0.2) is 0 Å². The summed E-state index contributed by atoms with van der Waals surface area (Å²) in [5.74, 6) is 1.38. The van der Waals surface area contributed by atoms with E-state index >= 15 is 0 Å². The summed E-state index contributed by atoms with van der Waals surface area (Å²) in [6, 6.07) is 7.02. The summed E-state index contributed by atoms with van der Waals surface area (Å²) in [6.45, 7) is 0.994. The van der Waals surface area contributed by atoms with Crippen LogP contribution in [0.3, 0.4) is 0 Å². The molecule has 25 heavy (non-hydrogen) atoms. The van der Waals surface area contributed by atoms with Crippen molar-refractivity contribution in [3.63, 3.8) is 0 Å². The lowest BCUT2D eigenvalue weighted by Crippen LogP contribution is -2.39. The van der Waals surface area contributed by atoms with Crippen molar-refractivity contribution in [1.82, 2.24) is 19.7 Å². The van der Waals surface area contributed by atoms with E-state index in [9.17, 15) is 9.18 Å². The van der Waals surface area contributed by atoms with E-state index in [0.717, 1.165) is 30.8 Å². The maximum Gasteiger partial charge on any atom is 0.241 e. The van der Waals surface area contributed by atoms with Gasteiger partial charge in [-0.1, -0.05) is 0 Å². The number of likely N-dealkylation sites (tertiary alicyclic amines) is 1. The van der Waals surface area contributed by atoms with Crippen LogP contribution in [0.4, 0.5) is 10.1 Å². The van der Waals surface area contributed by atoms with Gasteiger partial charge in [0.05, 0.1) is 26.2 Å². The smallest absolute Gasteiger partial charge is 0.241 e. The van der Waals surface area contributed by atoms with E-state index in [-0.39, 0.29) is 18.5 Å². The Hall–Kier alpha value is -2.48. The van der Waals surface area contributed by atoms with Crippen molar-refractivity contribution in [1.29, 1.82) is 0 Å². The average molecular weight is 347 g/mol. The SMILES string of the molecule is COc1ccc(NC(=O)C2CCCN2Cc2ncnn2CCF)cc1. The second-order valence-corrected chi connectivity index (χ2v) is 5.93. The van der Waals surface area contributed by atoms with Crippen LogP contribution in [0.2, 0.25) is 0 Å². The third-order valence-corrected chi connectivity index (χ3v) is 4.36. The highest BCUT2D eigenvalue weighted by atomic mass is 19.1. The maximum absolute atomic E-state index is 12.6. The Morgan fingerprint density at radius 2 is 2.20 bits per heavy atom. The number of ether oxygens (including phenoxy) is 1. The van der Waals surface area contributed by atoms with Crippen LogP contribution in [0.1, 0.15) is 18.7 Å². The number of anilines is 1. The number of carbonyl (C=O) groups is 1. The van der Waals surface area contributed by atoms with E-state index < -0.39 is 6.67 Å². The van der Waals surface area contributed by atoms with Crippen molar-refractivity contribution in [2.75, 3.05) is 25.6 Å². The number of hydrogen-bond donors (Lipinski definition) is 1. The standard InChI is InChI=1S/C17H22FN5O2/c1-25-14-6-4-13(5-7-14)21-17(24)15-3-2-9-22(15)11-16-19-12-20-23(16)10-8-18/h4-7,12,15H,2-3,8-11H2,1H3,(H,21,24). The Labute approximate surface area is 145 Å². The number of aromatic nitrogens is 3. The summed E-state index contributed by atoms with van der Waals surface area (Å²) in [4.78, 5) is 18.9. The zero-order valence-electron chi connectivity index (χ0n) is 14.2. The molecule has 1 fully saturated rings. The molecule has 1 aromatic carbocycles. The van der Waals surface area contributed by atoms with Gasteiger partial charge < -0.3 is 10.1 Å². The molecule has 7 nitrogen and oxygen atoms in total. The fourth-order valence-electron chi connectivity index (χ4n) is 3.07. The number of aryl methyl sites for hydroxylation is 1. The first-order valence-corrected chi connectivity index (χ1v) is 8.33. The van der Waals surface area contributed by atoms with Crippen LogP contribution in [-0.4, -0.2) is 51.9 Å². The van der Waals surface area contributed by atoms with E-state index in [2.05, 4.69) is 20.3 Å². The zero-order chi connectivity index (χ0) is 17.6. The monoisotopic (exact) mass is 347 g/mol. The average Bonchev–Trinajstić information content (AvgIpc) is 3.26. The Morgan fingerprint density at radius 1 is 1.40 bits per heavy atom. The Morgan fingerprint density at radius 3 is 2.92 bits per heavy atom. The number of nitrogens with one attached hydrogen (secondary N) is 1. The summed E-state index contributed by atoms with van der Waals surface area (Å²) in [7, 11) is 1.60. The zero-order valence-corrected chi connectivity index (χ0v) is 14.2. The quantitative estimate of drug-likeness (QED) is 0.828. The van der Waals surface area contributed by atoms with Gasteiger partial charge in [-0.25, -0.2) is 14.1 Å². The minimum Gasteiger partial charge on any atom is -0.497 e. The van der Waals surface area contributed by atoms with Gasteiger partial charge in [-0.3, -0.25) is 9.69 Å². The lowest BCUT2D eigenvalue weighted by Gasteiger charge is -2.23. The van der Waals surface area contributed by atoms with E-state index in [0.29, 0.717) is 12.4 Å². The lowest BCUT2D eigenvalue weighted by molar-refractivity contribution is -0.120. The maximum atomic E-state index is 12.6. The van der Waals surface area contributed by atoms with Gasteiger partial charge in [-0.2, -0.15) is 5.10 Å². The number of alkyl halides is 1. The first-order valence-electron chi connectivity index (χ1n) is 8.33. The van der Waals surface area contributed by atoms with Gasteiger partial charge in [-0.05, 0) is 43.7 Å². The summed E-state index contributed by atoms with van der Waals surface area (Å²) in [5.41, 5.74) is 0.734. The van der Waals surface area contributed by atoms with Crippen molar-refractivity contribution in [3.8, 4) is 5.75 Å². The molecule has 1 aromatic heterocycles. The minimum atomic E-state index is -0.488. The fourth-order valence-corrected chi connectivity index (χ4v) is 3.07. The number of methoxy groups -OCH3 is 1. The molecule has 3 rings (SSSR count). The molecule has 1 unspecified atom stereocenters. The Kier molecular flexibility index (Phi) is 5.60.